The van der Waals surface area contributed by atoms with Crippen molar-refractivity contribution in [3.63, 3.8) is 0 Å². The van der Waals surface area contributed by atoms with Gasteiger partial charge in [-0.2, -0.15) is 0 Å². The lowest BCUT2D eigenvalue weighted by molar-refractivity contribution is -0.136. The molecule has 5 unspecified atom stereocenters. The summed E-state index contributed by atoms with van der Waals surface area (Å²) >= 11 is 6.52. The lowest BCUT2D eigenvalue weighted by Crippen LogP contribution is -2.44. The van der Waals surface area contributed by atoms with Crippen molar-refractivity contribution in [1.82, 2.24) is 9.80 Å². The smallest absolute Gasteiger partial charge is 0.290 e. The number of Topliss-reactive ketones (excluding diaryl/α,β-unsaturated/α-hetero) is 1. The van der Waals surface area contributed by atoms with Crippen molar-refractivity contribution >= 4 is 23.3 Å². The van der Waals surface area contributed by atoms with Crippen LogP contribution in [0.2, 0.25) is 0 Å². The highest BCUT2D eigenvalue weighted by molar-refractivity contribution is 6.21. The Morgan fingerprint density at radius 3 is 2.74 bits per heavy atom. The van der Waals surface area contributed by atoms with E-state index in [1.54, 1.807) is 12.0 Å². The fourth-order valence-corrected chi connectivity index (χ4v) is 5.31. The van der Waals surface area contributed by atoms with Gasteiger partial charge in [0.2, 0.25) is 0 Å². The molecule has 7 heteroatoms. The van der Waals surface area contributed by atoms with E-state index in [0.29, 0.717) is 30.7 Å². The van der Waals surface area contributed by atoms with Gasteiger partial charge in [-0.1, -0.05) is 19.1 Å². The normalized spacial score (nSPS) is 30.4. The van der Waals surface area contributed by atoms with Gasteiger partial charge in [0, 0.05) is 11.9 Å². The van der Waals surface area contributed by atoms with Gasteiger partial charge >= 0.3 is 0 Å². The van der Waals surface area contributed by atoms with Gasteiger partial charge in [0.25, 0.3) is 5.91 Å². The second kappa shape index (κ2) is 8.83. The Kier molecular flexibility index (Phi) is 6.31. The van der Waals surface area contributed by atoms with E-state index in [1.165, 1.54) is 0 Å². The molecule has 1 amide bonds. The SMILES string of the molecule is COc1cccc(C2C3=C(OC4CC(C)C(Cl)CC4C3=O)C(=O)N2CCCN(C)C)c1. The van der Waals surface area contributed by atoms with Crippen LogP contribution in [-0.2, 0) is 14.3 Å². The minimum absolute atomic E-state index is 0.0140. The summed E-state index contributed by atoms with van der Waals surface area (Å²) in [6, 6.07) is 7.15. The number of ketones is 1. The average molecular weight is 447 g/mol. The largest absolute Gasteiger partial charge is 0.497 e. The molecule has 3 aliphatic rings. The monoisotopic (exact) mass is 446 g/mol. The van der Waals surface area contributed by atoms with Crippen molar-refractivity contribution in [3.8, 4) is 5.75 Å². The number of ether oxygens (including phenoxy) is 2. The van der Waals surface area contributed by atoms with Crippen LogP contribution in [0.3, 0.4) is 0 Å². The first kappa shape index (κ1) is 22.2. The maximum absolute atomic E-state index is 13.7. The van der Waals surface area contributed by atoms with Gasteiger partial charge in [0.15, 0.2) is 11.5 Å². The van der Waals surface area contributed by atoms with Crippen molar-refractivity contribution in [2.24, 2.45) is 11.8 Å². The van der Waals surface area contributed by atoms with Crippen LogP contribution in [0, 0.1) is 11.8 Å². The number of fused-ring (bicyclic) bond motifs is 1. The topological polar surface area (TPSA) is 59.1 Å². The first-order valence-corrected chi connectivity index (χ1v) is 11.4. The molecule has 0 saturated heterocycles. The molecule has 2 aliphatic heterocycles. The van der Waals surface area contributed by atoms with Crippen LogP contribution in [0.15, 0.2) is 35.6 Å². The molecular formula is C24H31ClN2O4. The molecule has 6 nitrogen and oxygen atoms in total. The summed E-state index contributed by atoms with van der Waals surface area (Å²) in [5, 5.41) is -0.0560. The Morgan fingerprint density at radius 1 is 1.26 bits per heavy atom. The number of nitrogens with zero attached hydrogens (tertiary/aromatic N) is 2. The molecule has 4 rings (SSSR count). The predicted octanol–water partition coefficient (Wildman–Crippen LogP) is 3.41. The molecule has 1 aromatic rings. The molecule has 31 heavy (non-hydrogen) atoms. The molecule has 0 N–H and O–H groups in total. The van der Waals surface area contributed by atoms with Crippen molar-refractivity contribution in [3.05, 3.63) is 41.2 Å². The summed E-state index contributed by atoms with van der Waals surface area (Å²) in [7, 11) is 5.63. The van der Waals surface area contributed by atoms with Crippen LogP contribution >= 0.6 is 11.6 Å². The van der Waals surface area contributed by atoms with Gasteiger partial charge in [0.05, 0.1) is 24.6 Å². The summed E-state index contributed by atoms with van der Waals surface area (Å²) < 4.78 is 11.7. The summed E-state index contributed by atoms with van der Waals surface area (Å²) in [6.45, 7) is 3.48. The van der Waals surface area contributed by atoms with Gasteiger partial charge < -0.3 is 19.3 Å². The van der Waals surface area contributed by atoms with E-state index >= 15 is 0 Å². The van der Waals surface area contributed by atoms with Gasteiger partial charge in [0.1, 0.15) is 11.9 Å². The number of rotatable bonds is 6. The van der Waals surface area contributed by atoms with E-state index in [-0.39, 0.29) is 40.8 Å². The van der Waals surface area contributed by atoms with E-state index in [9.17, 15) is 9.59 Å². The third-order valence-corrected chi connectivity index (χ3v) is 7.33. The maximum atomic E-state index is 13.7. The number of methoxy groups -OCH3 is 1. The maximum Gasteiger partial charge on any atom is 0.290 e. The molecule has 1 saturated carbocycles. The number of benzene rings is 1. The molecule has 0 spiro atoms. The van der Waals surface area contributed by atoms with Crippen molar-refractivity contribution in [2.45, 2.75) is 43.7 Å². The first-order valence-electron chi connectivity index (χ1n) is 11.0. The fraction of sp³-hybridized carbons (Fsp3) is 0.583. The van der Waals surface area contributed by atoms with Gasteiger partial charge in [-0.05, 0) is 63.5 Å². The highest BCUT2D eigenvalue weighted by Gasteiger charge is 2.53. The highest BCUT2D eigenvalue weighted by Crippen LogP contribution is 2.48. The summed E-state index contributed by atoms with van der Waals surface area (Å²) in [5.41, 5.74) is 1.35. The van der Waals surface area contributed by atoms with E-state index in [0.717, 1.165) is 18.5 Å². The number of hydrogen-bond acceptors (Lipinski definition) is 5. The number of amides is 1. The average Bonchev–Trinajstić information content (AvgIpc) is 3.02. The molecular weight excluding hydrogens is 416 g/mol. The summed E-state index contributed by atoms with van der Waals surface area (Å²) in [5.74, 6) is 0.722. The van der Waals surface area contributed by atoms with Crippen molar-refractivity contribution in [2.75, 3.05) is 34.3 Å². The Hall–Kier alpha value is -2.05. The zero-order chi connectivity index (χ0) is 22.3. The fourth-order valence-electron chi connectivity index (χ4n) is 5.01. The number of alkyl halides is 1. The number of carbonyl (C=O) groups excluding carboxylic acids is 2. The van der Waals surface area contributed by atoms with E-state index in [4.69, 9.17) is 21.1 Å². The molecule has 168 valence electrons. The predicted molar refractivity (Wildman–Crippen MR) is 119 cm³/mol. The third-order valence-electron chi connectivity index (χ3n) is 6.72. The lowest BCUT2D eigenvalue weighted by Gasteiger charge is -2.40. The number of halogens is 1. The minimum Gasteiger partial charge on any atom is -0.497 e. The second-order valence-electron chi connectivity index (χ2n) is 9.17. The Bertz CT molecular complexity index is 899. The third kappa shape index (κ3) is 4.08. The molecule has 1 aromatic carbocycles. The van der Waals surface area contributed by atoms with Crippen molar-refractivity contribution in [1.29, 1.82) is 0 Å². The zero-order valence-corrected chi connectivity index (χ0v) is 19.4. The van der Waals surface area contributed by atoms with E-state index < -0.39 is 6.04 Å². The molecule has 0 aromatic heterocycles. The van der Waals surface area contributed by atoms with Crippen molar-refractivity contribution < 1.29 is 19.1 Å². The van der Waals surface area contributed by atoms with Crippen LogP contribution in [0.4, 0.5) is 0 Å². The molecule has 1 aliphatic carbocycles. The quantitative estimate of drug-likeness (QED) is 0.627. The van der Waals surface area contributed by atoms with Crippen LogP contribution in [-0.4, -0.2) is 67.3 Å². The van der Waals surface area contributed by atoms with Gasteiger partial charge in [-0.15, -0.1) is 11.6 Å². The van der Waals surface area contributed by atoms with Gasteiger partial charge in [-0.3, -0.25) is 9.59 Å². The van der Waals surface area contributed by atoms with E-state index in [1.807, 2.05) is 38.4 Å². The first-order chi connectivity index (χ1) is 14.8. The molecule has 0 radical (unpaired) electrons. The summed E-state index contributed by atoms with van der Waals surface area (Å²) in [6.07, 6.45) is 1.82. The standard InChI is InChI=1S/C24H31ClN2O4/c1-14-11-19-17(13-18(14)25)22(28)20-21(15-7-5-8-16(12-15)30-4)27(10-6-9-26(2)3)24(29)23(20)31-19/h5,7-8,12,14,17-19,21H,6,9-11,13H2,1-4H3. The van der Waals surface area contributed by atoms with Crippen LogP contribution < -0.4 is 4.74 Å². The van der Waals surface area contributed by atoms with Crippen LogP contribution in [0.1, 0.15) is 37.8 Å². The Balaban J connectivity index is 1.72. The van der Waals surface area contributed by atoms with Crippen LogP contribution in [0.5, 0.6) is 5.75 Å². The highest BCUT2D eigenvalue weighted by atomic mass is 35.5. The second-order valence-corrected chi connectivity index (χ2v) is 9.73. The number of hydrogen-bond donors (Lipinski definition) is 0. The zero-order valence-electron chi connectivity index (χ0n) is 18.6. The van der Waals surface area contributed by atoms with E-state index in [2.05, 4.69) is 11.8 Å². The molecule has 5 atom stereocenters. The minimum atomic E-state index is -0.457. The summed E-state index contributed by atoms with van der Waals surface area (Å²) in [4.78, 5) is 31.0. The Morgan fingerprint density at radius 2 is 2.03 bits per heavy atom. The molecule has 1 fully saturated rings. The number of carbonyl (C=O) groups is 2. The van der Waals surface area contributed by atoms with Crippen LogP contribution in [0.25, 0.3) is 0 Å². The lowest BCUT2D eigenvalue weighted by atomic mass is 9.74. The molecule has 0 bridgehead atoms. The Labute approximate surface area is 189 Å². The van der Waals surface area contributed by atoms with Gasteiger partial charge in [-0.25, -0.2) is 0 Å². The molecule has 2 heterocycles.